The SMILES string of the molecule is CNCc1ccc(OCc2cnc(Cl)cc2Cl)cc1. The lowest BCUT2D eigenvalue weighted by molar-refractivity contribution is 0.306. The van der Waals surface area contributed by atoms with E-state index in [4.69, 9.17) is 27.9 Å². The first kappa shape index (κ1) is 14.1. The first-order chi connectivity index (χ1) is 9.19. The maximum Gasteiger partial charge on any atom is 0.130 e. The minimum absolute atomic E-state index is 0.369. The largest absolute Gasteiger partial charge is 0.489 e. The lowest BCUT2D eigenvalue weighted by atomic mass is 10.2. The Labute approximate surface area is 122 Å². The van der Waals surface area contributed by atoms with E-state index in [1.165, 1.54) is 5.56 Å². The van der Waals surface area contributed by atoms with Gasteiger partial charge in [0.1, 0.15) is 17.5 Å². The first-order valence-electron chi connectivity index (χ1n) is 5.85. The number of hydrogen-bond donors (Lipinski definition) is 1. The molecule has 0 aliphatic heterocycles. The van der Waals surface area contributed by atoms with Crippen LogP contribution < -0.4 is 10.1 Å². The van der Waals surface area contributed by atoms with E-state index in [-0.39, 0.29) is 0 Å². The lowest BCUT2D eigenvalue weighted by Crippen LogP contribution is -2.04. The van der Waals surface area contributed by atoms with Gasteiger partial charge in [-0.25, -0.2) is 4.98 Å². The Hall–Kier alpha value is -1.29. The van der Waals surface area contributed by atoms with Gasteiger partial charge in [-0.05, 0) is 30.8 Å². The van der Waals surface area contributed by atoms with Crippen molar-refractivity contribution in [3.63, 3.8) is 0 Å². The number of rotatable bonds is 5. The summed E-state index contributed by atoms with van der Waals surface area (Å²) >= 11 is 11.8. The van der Waals surface area contributed by atoms with Gasteiger partial charge in [-0.2, -0.15) is 0 Å². The predicted molar refractivity (Wildman–Crippen MR) is 77.8 cm³/mol. The third-order valence-corrected chi connectivity index (χ3v) is 3.15. The predicted octanol–water partition coefficient (Wildman–Crippen LogP) is 3.69. The van der Waals surface area contributed by atoms with E-state index < -0.39 is 0 Å². The van der Waals surface area contributed by atoms with Crippen LogP contribution in [0, 0.1) is 0 Å². The van der Waals surface area contributed by atoms with E-state index in [1.54, 1.807) is 12.3 Å². The fourth-order valence-corrected chi connectivity index (χ4v) is 2.03. The minimum Gasteiger partial charge on any atom is -0.489 e. The molecule has 0 saturated carbocycles. The molecule has 0 bridgehead atoms. The summed E-state index contributed by atoms with van der Waals surface area (Å²) in [6, 6.07) is 9.52. The Morgan fingerprint density at radius 1 is 1.21 bits per heavy atom. The zero-order valence-electron chi connectivity index (χ0n) is 10.5. The van der Waals surface area contributed by atoms with E-state index in [0.29, 0.717) is 16.8 Å². The zero-order valence-corrected chi connectivity index (χ0v) is 12.0. The van der Waals surface area contributed by atoms with Gasteiger partial charge in [-0.3, -0.25) is 0 Å². The molecule has 0 atom stereocenters. The van der Waals surface area contributed by atoms with Crippen molar-refractivity contribution in [1.82, 2.24) is 10.3 Å². The van der Waals surface area contributed by atoms with Crippen molar-refractivity contribution in [2.24, 2.45) is 0 Å². The highest BCUT2D eigenvalue weighted by molar-refractivity contribution is 6.34. The summed E-state index contributed by atoms with van der Waals surface area (Å²) in [5.41, 5.74) is 2.02. The van der Waals surface area contributed by atoms with Crippen LogP contribution in [0.1, 0.15) is 11.1 Å². The molecule has 1 aromatic heterocycles. The summed E-state index contributed by atoms with van der Waals surface area (Å²) in [6.45, 7) is 1.21. The number of aromatic nitrogens is 1. The fraction of sp³-hybridized carbons (Fsp3) is 0.214. The molecule has 1 aromatic carbocycles. The van der Waals surface area contributed by atoms with E-state index >= 15 is 0 Å². The van der Waals surface area contributed by atoms with Crippen LogP contribution in [0.3, 0.4) is 0 Å². The smallest absolute Gasteiger partial charge is 0.130 e. The van der Waals surface area contributed by atoms with Crippen LogP contribution >= 0.6 is 23.2 Å². The van der Waals surface area contributed by atoms with Crippen LogP contribution in [-0.2, 0) is 13.2 Å². The maximum absolute atomic E-state index is 6.05. The number of benzene rings is 1. The number of nitrogens with one attached hydrogen (secondary N) is 1. The molecule has 1 N–H and O–H groups in total. The molecule has 0 fully saturated rings. The molecular weight excluding hydrogens is 283 g/mol. The molecule has 2 aromatic rings. The van der Waals surface area contributed by atoms with E-state index in [2.05, 4.69) is 10.3 Å². The van der Waals surface area contributed by atoms with Gasteiger partial charge in [0.25, 0.3) is 0 Å². The van der Waals surface area contributed by atoms with E-state index in [9.17, 15) is 0 Å². The van der Waals surface area contributed by atoms with Crippen molar-refractivity contribution in [2.75, 3.05) is 7.05 Å². The Kier molecular flexibility index (Phi) is 5.02. The second kappa shape index (κ2) is 6.75. The summed E-state index contributed by atoms with van der Waals surface area (Å²) < 4.78 is 5.66. The van der Waals surface area contributed by atoms with Gasteiger partial charge in [0.05, 0.1) is 5.02 Å². The molecule has 0 unspecified atom stereocenters. The molecule has 0 radical (unpaired) electrons. The summed E-state index contributed by atoms with van der Waals surface area (Å²) in [5.74, 6) is 0.797. The summed E-state index contributed by atoms with van der Waals surface area (Å²) in [4.78, 5) is 3.98. The molecule has 1 heterocycles. The summed E-state index contributed by atoms with van der Waals surface area (Å²) in [6.07, 6.45) is 1.63. The normalized spacial score (nSPS) is 10.5. The Bertz CT molecular complexity index is 544. The van der Waals surface area contributed by atoms with Crippen molar-refractivity contribution in [1.29, 1.82) is 0 Å². The van der Waals surface area contributed by atoms with Gasteiger partial charge < -0.3 is 10.1 Å². The van der Waals surface area contributed by atoms with Crippen LogP contribution in [0.4, 0.5) is 0 Å². The van der Waals surface area contributed by atoms with E-state index in [1.807, 2.05) is 31.3 Å². The standard InChI is InChI=1S/C14H14Cl2N2O/c1-17-7-10-2-4-12(5-3-10)19-9-11-8-18-14(16)6-13(11)15/h2-6,8,17H,7,9H2,1H3. The number of halogens is 2. The molecule has 100 valence electrons. The first-order valence-corrected chi connectivity index (χ1v) is 6.61. The van der Waals surface area contributed by atoms with Gasteiger partial charge in [0.15, 0.2) is 0 Å². The topological polar surface area (TPSA) is 34.1 Å². The van der Waals surface area contributed by atoms with Crippen LogP contribution in [0.25, 0.3) is 0 Å². The van der Waals surface area contributed by atoms with Crippen LogP contribution in [-0.4, -0.2) is 12.0 Å². The highest BCUT2D eigenvalue weighted by Gasteiger charge is 2.03. The highest BCUT2D eigenvalue weighted by atomic mass is 35.5. The van der Waals surface area contributed by atoms with E-state index in [0.717, 1.165) is 17.9 Å². The highest BCUT2D eigenvalue weighted by Crippen LogP contribution is 2.21. The van der Waals surface area contributed by atoms with Crippen LogP contribution in [0.5, 0.6) is 5.75 Å². The van der Waals surface area contributed by atoms with Crippen molar-refractivity contribution < 1.29 is 4.74 Å². The van der Waals surface area contributed by atoms with Gasteiger partial charge in [-0.1, -0.05) is 35.3 Å². The lowest BCUT2D eigenvalue weighted by Gasteiger charge is -2.08. The number of nitrogens with zero attached hydrogens (tertiary/aromatic N) is 1. The zero-order chi connectivity index (χ0) is 13.7. The number of hydrogen-bond acceptors (Lipinski definition) is 3. The molecular formula is C14H14Cl2N2O. The van der Waals surface area contributed by atoms with Crippen molar-refractivity contribution >= 4 is 23.2 Å². The summed E-state index contributed by atoms with van der Waals surface area (Å²) in [7, 11) is 1.92. The molecule has 19 heavy (non-hydrogen) atoms. The number of pyridine rings is 1. The maximum atomic E-state index is 6.05. The molecule has 0 aliphatic carbocycles. The van der Waals surface area contributed by atoms with Gasteiger partial charge in [0, 0.05) is 18.3 Å². The molecule has 0 saturated heterocycles. The molecule has 0 spiro atoms. The second-order valence-corrected chi connectivity index (χ2v) is 4.86. The van der Waals surface area contributed by atoms with Crippen molar-refractivity contribution in [3.8, 4) is 5.75 Å². The molecule has 0 amide bonds. The minimum atomic E-state index is 0.369. The van der Waals surface area contributed by atoms with Crippen LogP contribution in [0.2, 0.25) is 10.2 Å². The second-order valence-electron chi connectivity index (χ2n) is 4.06. The average Bonchev–Trinajstić information content (AvgIpc) is 2.40. The van der Waals surface area contributed by atoms with Crippen molar-refractivity contribution in [2.45, 2.75) is 13.2 Å². The molecule has 3 nitrogen and oxygen atoms in total. The van der Waals surface area contributed by atoms with Crippen LogP contribution in [0.15, 0.2) is 36.5 Å². The van der Waals surface area contributed by atoms with Crippen molar-refractivity contribution in [3.05, 3.63) is 57.8 Å². The Balaban J connectivity index is 1.98. The quantitative estimate of drug-likeness (QED) is 0.855. The average molecular weight is 297 g/mol. The number of ether oxygens (including phenoxy) is 1. The Morgan fingerprint density at radius 2 is 1.95 bits per heavy atom. The molecule has 0 aliphatic rings. The third kappa shape index (κ3) is 4.10. The van der Waals surface area contributed by atoms with Gasteiger partial charge in [-0.15, -0.1) is 0 Å². The van der Waals surface area contributed by atoms with Gasteiger partial charge >= 0.3 is 0 Å². The fourth-order valence-electron chi connectivity index (χ4n) is 1.61. The molecule has 2 rings (SSSR count). The molecule has 5 heteroatoms. The Morgan fingerprint density at radius 3 is 2.58 bits per heavy atom. The third-order valence-electron chi connectivity index (χ3n) is 2.59. The monoisotopic (exact) mass is 296 g/mol. The summed E-state index contributed by atoms with van der Waals surface area (Å²) in [5, 5.41) is 4.04. The van der Waals surface area contributed by atoms with Gasteiger partial charge in [0.2, 0.25) is 0 Å².